The van der Waals surface area contributed by atoms with Gasteiger partial charge in [0, 0.05) is 25.3 Å². The van der Waals surface area contributed by atoms with Gasteiger partial charge in [0.2, 0.25) is 0 Å². The summed E-state index contributed by atoms with van der Waals surface area (Å²) in [6.07, 6.45) is 4.30. The Kier molecular flexibility index (Phi) is 3.50. The Morgan fingerprint density at radius 2 is 2.23 bits per heavy atom. The fourth-order valence-corrected chi connectivity index (χ4v) is 4.12. The molecule has 1 amide bonds. The van der Waals surface area contributed by atoms with Crippen molar-refractivity contribution in [3.63, 3.8) is 0 Å². The Hall–Kier alpha value is -1.66. The zero-order chi connectivity index (χ0) is 15.0. The molecule has 3 heterocycles. The molecule has 22 heavy (non-hydrogen) atoms. The number of aromatic nitrogens is 1. The summed E-state index contributed by atoms with van der Waals surface area (Å²) < 4.78 is 10.7. The number of rotatable bonds is 3. The number of ether oxygens (including phenoxy) is 1. The number of amides is 1. The molecule has 1 saturated carbocycles. The molecule has 1 atom stereocenters. The minimum absolute atomic E-state index is 0.137. The van der Waals surface area contributed by atoms with E-state index in [1.807, 2.05) is 17.5 Å². The molecular formula is C16H18N2O3S. The summed E-state index contributed by atoms with van der Waals surface area (Å²) in [7, 11) is 0. The SMILES string of the molecule is O=C(NC1CCC12CCOCC2)c1cc(-c2cccs2)on1. The zero-order valence-corrected chi connectivity index (χ0v) is 13.0. The van der Waals surface area contributed by atoms with Gasteiger partial charge in [-0.25, -0.2) is 0 Å². The molecule has 0 aromatic carbocycles. The van der Waals surface area contributed by atoms with Gasteiger partial charge >= 0.3 is 0 Å². The van der Waals surface area contributed by atoms with Gasteiger partial charge in [-0.1, -0.05) is 11.2 Å². The van der Waals surface area contributed by atoms with Crippen molar-refractivity contribution in [2.75, 3.05) is 13.2 Å². The van der Waals surface area contributed by atoms with Crippen molar-refractivity contribution < 1.29 is 14.1 Å². The first-order valence-corrected chi connectivity index (χ1v) is 8.54. The van der Waals surface area contributed by atoms with Gasteiger partial charge in [0.1, 0.15) is 0 Å². The number of hydrogen-bond acceptors (Lipinski definition) is 5. The molecule has 1 spiro atoms. The van der Waals surface area contributed by atoms with Gasteiger partial charge < -0.3 is 14.6 Å². The Bertz CT molecular complexity index is 659. The molecular weight excluding hydrogens is 300 g/mol. The van der Waals surface area contributed by atoms with E-state index in [1.54, 1.807) is 17.4 Å². The fraction of sp³-hybridized carbons (Fsp3) is 0.500. The van der Waals surface area contributed by atoms with E-state index < -0.39 is 0 Å². The second-order valence-electron chi connectivity index (χ2n) is 6.09. The number of carbonyl (C=O) groups excluding carboxylic acids is 1. The molecule has 5 nitrogen and oxygen atoms in total. The van der Waals surface area contributed by atoms with Crippen molar-refractivity contribution in [2.24, 2.45) is 5.41 Å². The molecule has 2 aromatic heterocycles. The van der Waals surface area contributed by atoms with Crippen LogP contribution in [0.2, 0.25) is 0 Å². The fourth-order valence-electron chi connectivity index (χ4n) is 3.45. The van der Waals surface area contributed by atoms with Gasteiger partial charge in [-0.2, -0.15) is 0 Å². The van der Waals surface area contributed by atoms with Crippen molar-refractivity contribution >= 4 is 17.2 Å². The van der Waals surface area contributed by atoms with Crippen molar-refractivity contribution in [2.45, 2.75) is 31.7 Å². The molecule has 2 aliphatic rings. The van der Waals surface area contributed by atoms with Gasteiger partial charge in [-0.15, -0.1) is 11.3 Å². The quantitative estimate of drug-likeness (QED) is 0.944. The van der Waals surface area contributed by atoms with Gasteiger partial charge in [0.05, 0.1) is 4.88 Å². The molecule has 2 fully saturated rings. The second-order valence-corrected chi connectivity index (χ2v) is 7.04. The standard InChI is InChI=1S/C16H18N2O3S/c19-15(11-10-12(21-18-11)13-2-1-9-22-13)17-14-3-4-16(14)5-7-20-8-6-16/h1-2,9-10,14H,3-8H2,(H,17,19). The molecule has 1 unspecified atom stereocenters. The van der Waals surface area contributed by atoms with Crippen molar-refractivity contribution in [1.82, 2.24) is 10.5 Å². The summed E-state index contributed by atoms with van der Waals surface area (Å²) in [5, 5.41) is 9.02. The normalized spacial score (nSPS) is 23.2. The van der Waals surface area contributed by atoms with E-state index in [2.05, 4.69) is 10.5 Å². The third-order valence-corrected chi connectivity index (χ3v) is 5.86. The first-order valence-electron chi connectivity index (χ1n) is 7.66. The predicted molar refractivity (Wildman–Crippen MR) is 82.8 cm³/mol. The summed E-state index contributed by atoms with van der Waals surface area (Å²) in [5.74, 6) is 0.511. The topological polar surface area (TPSA) is 64.4 Å². The van der Waals surface area contributed by atoms with Crippen LogP contribution in [0, 0.1) is 5.41 Å². The van der Waals surface area contributed by atoms with Crippen LogP contribution in [0.3, 0.4) is 0 Å². The zero-order valence-electron chi connectivity index (χ0n) is 12.2. The van der Waals surface area contributed by atoms with Crippen molar-refractivity contribution in [3.8, 4) is 10.6 Å². The van der Waals surface area contributed by atoms with E-state index >= 15 is 0 Å². The molecule has 0 bridgehead atoms. The predicted octanol–water partition coefficient (Wildman–Crippen LogP) is 3.09. The molecule has 1 saturated heterocycles. The lowest BCUT2D eigenvalue weighted by molar-refractivity contribution is -0.0523. The van der Waals surface area contributed by atoms with Crippen LogP contribution < -0.4 is 5.32 Å². The smallest absolute Gasteiger partial charge is 0.273 e. The lowest BCUT2D eigenvalue weighted by Gasteiger charge is -2.51. The van der Waals surface area contributed by atoms with E-state index in [9.17, 15) is 4.79 Å². The number of thiophene rings is 1. The summed E-state index contributed by atoms with van der Waals surface area (Å²) in [6, 6.07) is 5.86. The van der Waals surface area contributed by atoms with Crippen LogP contribution >= 0.6 is 11.3 Å². The van der Waals surface area contributed by atoms with Crippen molar-refractivity contribution in [3.05, 3.63) is 29.3 Å². The molecule has 0 radical (unpaired) electrons. The van der Waals surface area contributed by atoms with Crippen LogP contribution in [0.15, 0.2) is 28.1 Å². The molecule has 1 N–H and O–H groups in total. The van der Waals surface area contributed by atoms with Crippen molar-refractivity contribution in [1.29, 1.82) is 0 Å². The lowest BCUT2D eigenvalue weighted by Crippen LogP contribution is -2.57. The molecule has 6 heteroatoms. The maximum atomic E-state index is 12.4. The largest absolute Gasteiger partial charge is 0.381 e. The van der Waals surface area contributed by atoms with E-state index in [0.29, 0.717) is 11.5 Å². The summed E-state index contributed by atoms with van der Waals surface area (Å²) in [6.45, 7) is 1.61. The molecule has 2 aromatic rings. The average Bonchev–Trinajstić information content (AvgIpc) is 3.22. The van der Waals surface area contributed by atoms with Crippen LogP contribution in [0.1, 0.15) is 36.2 Å². The Balaban J connectivity index is 1.44. The number of nitrogens with zero attached hydrogens (tertiary/aromatic N) is 1. The highest BCUT2D eigenvalue weighted by Crippen LogP contribution is 2.48. The Labute approximate surface area is 132 Å². The minimum Gasteiger partial charge on any atom is -0.381 e. The first-order chi connectivity index (χ1) is 10.8. The Morgan fingerprint density at radius 3 is 2.91 bits per heavy atom. The highest BCUT2D eigenvalue weighted by molar-refractivity contribution is 7.13. The number of nitrogens with one attached hydrogen (secondary N) is 1. The summed E-state index contributed by atoms with van der Waals surface area (Å²) in [5.41, 5.74) is 0.603. The van der Waals surface area contributed by atoms with E-state index in [4.69, 9.17) is 9.26 Å². The highest BCUT2D eigenvalue weighted by atomic mass is 32.1. The van der Waals surface area contributed by atoms with Crippen LogP contribution in [0.4, 0.5) is 0 Å². The Morgan fingerprint density at radius 1 is 1.36 bits per heavy atom. The summed E-state index contributed by atoms with van der Waals surface area (Å²) in [4.78, 5) is 13.4. The summed E-state index contributed by atoms with van der Waals surface area (Å²) >= 11 is 1.57. The number of hydrogen-bond donors (Lipinski definition) is 1. The third-order valence-electron chi connectivity index (χ3n) is 4.97. The number of carbonyl (C=O) groups is 1. The molecule has 1 aliphatic carbocycles. The van der Waals surface area contributed by atoms with E-state index in [-0.39, 0.29) is 17.4 Å². The third kappa shape index (κ3) is 2.36. The van der Waals surface area contributed by atoms with E-state index in [0.717, 1.165) is 37.4 Å². The maximum absolute atomic E-state index is 12.4. The maximum Gasteiger partial charge on any atom is 0.273 e. The minimum atomic E-state index is -0.137. The second kappa shape index (κ2) is 5.52. The highest BCUT2D eigenvalue weighted by Gasteiger charge is 2.48. The van der Waals surface area contributed by atoms with E-state index in [1.165, 1.54) is 6.42 Å². The molecule has 116 valence electrons. The van der Waals surface area contributed by atoms with Crippen LogP contribution in [-0.2, 0) is 4.74 Å². The van der Waals surface area contributed by atoms with Gasteiger partial charge in [-0.3, -0.25) is 4.79 Å². The van der Waals surface area contributed by atoms with Gasteiger partial charge in [-0.05, 0) is 42.5 Å². The monoisotopic (exact) mass is 318 g/mol. The van der Waals surface area contributed by atoms with Crippen LogP contribution in [0.25, 0.3) is 10.6 Å². The molecule has 4 rings (SSSR count). The first kappa shape index (κ1) is 14.0. The van der Waals surface area contributed by atoms with Gasteiger partial charge in [0.25, 0.3) is 5.91 Å². The average molecular weight is 318 g/mol. The van der Waals surface area contributed by atoms with Gasteiger partial charge in [0.15, 0.2) is 11.5 Å². The van der Waals surface area contributed by atoms with Crippen LogP contribution in [0.5, 0.6) is 0 Å². The van der Waals surface area contributed by atoms with Crippen LogP contribution in [-0.4, -0.2) is 30.3 Å². The molecule has 1 aliphatic heterocycles. The lowest BCUT2D eigenvalue weighted by atomic mass is 9.60.